The normalized spacial score (nSPS) is 9.83. The van der Waals surface area contributed by atoms with Crippen molar-refractivity contribution in [2.45, 2.75) is 0 Å². The average molecular weight is 263 g/mol. The summed E-state index contributed by atoms with van der Waals surface area (Å²) in [5.74, 6) is 5.60. The van der Waals surface area contributed by atoms with Gasteiger partial charge in [-0.25, -0.2) is 0 Å². The second-order valence-electron chi connectivity index (χ2n) is 3.46. The number of nitrogens with one attached hydrogen (secondary N) is 1. The van der Waals surface area contributed by atoms with Crippen molar-refractivity contribution in [3.05, 3.63) is 50.3 Å². The summed E-state index contributed by atoms with van der Waals surface area (Å²) < 4.78 is 0. The number of alkyl halides is 1. The molecule has 1 aromatic heterocycles. The molecule has 0 fully saturated rings. The van der Waals surface area contributed by atoms with E-state index in [9.17, 15) is 14.9 Å². The minimum absolute atomic E-state index is 0.184. The highest BCUT2D eigenvalue weighted by Crippen LogP contribution is 2.13. The van der Waals surface area contributed by atoms with Crippen LogP contribution >= 0.6 is 11.6 Å². The molecule has 18 heavy (non-hydrogen) atoms. The Balaban J connectivity index is 2.70. The van der Waals surface area contributed by atoms with Crippen LogP contribution in [0.3, 0.4) is 0 Å². The SMILES string of the molecule is O=c1c([N+](=O)[O-])c[nH]c2ccc(C#CCCl)cc12. The summed E-state index contributed by atoms with van der Waals surface area (Å²) in [6.07, 6.45) is 1.09. The molecule has 0 bridgehead atoms. The van der Waals surface area contributed by atoms with Gasteiger partial charge in [-0.1, -0.05) is 11.8 Å². The number of aromatic nitrogens is 1. The van der Waals surface area contributed by atoms with Crippen molar-refractivity contribution in [1.82, 2.24) is 4.98 Å². The lowest BCUT2D eigenvalue weighted by Gasteiger charge is -1.98. The summed E-state index contributed by atoms with van der Waals surface area (Å²) in [5, 5.41) is 10.9. The van der Waals surface area contributed by atoms with E-state index in [1.165, 1.54) is 6.07 Å². The second kappa shape index (κ2) is 4.90. The molecule has 0 aliphatic heterocycles. The summed E-state index contributed by atoms with van der Waals surface area (Å²) >= 11 is 5.44. The molecule has 6 heteroatoms. The summed E-state index contributed by atoms with van der Waals surface area (Å²) in [6, 6.07) is 4.88. The Morgan fingerprint density at radius 2 is 2.22 bits per heavy atom. The maximum Gasteiger partial charge on any atom is 0.332 e. The topological polar surface area (TPSA) is 76.0 Å². The Labute approximate surface area is 107 Å². The molecule has 0 saturated carbocycles. The van der Waals surface area contributed by atoms with Gasteiger partial charge in [0.05, 0.1) is 22.4 Å². The number of hydrogen-bond donors (Lipinski definition) is 1. The highest BCUT2D eigenvalue weighted by Gasteiger charge is 2.14. The fraction of sp³-hybridized carbons (Fsp3) is 0.0833. The number of H-pyrrole nitrogens is 1. The quantitative estimate of drug-likeness (QED) is 0.370. The molecule has 90 valence electrons. The van der Waals surface area contributed by atoms with Gasteiger partial charge in [-0.05, 0) is 18.2 Å². The average Bonchev–Trinajstić information content (AvgIpc) is 2.36. The Hall–Kier alpha value is -2.32. The molecule has 0 saturated heterocycles. The zero-order valence-corrected chi connectivity index (χ0v) is 9.82. The molecular weight excluding hydrogens is 256 g/mol. The van der Waals surface area contributed by atoms with Gasteiger partial charge in [-0.2, -0.15) is 0 Å². The van der Waals surface area contributed by atoms with Crippen LogP contribution in [0.15, 0.2) is 29.2 Å². The molecule has 0 aliphatic rings. The van der Waals surface area contributed by atoms with Crippen LogP contribution < -0.4 is 5.43 Å². The van der Waals surface area contributed by atoms with Crippen molar-refractivity contribution in [3.63, 3.8) is 0 Å². The molecule has 1 heterocycles. The number of halogens is 1. The minimum Gasteiger partial charge on any atom is -0.355 e. The zero-order valence-electron chi connectivity index (χ0n) is 9.07. The molecule has 1 N–H and O–H groups in total. The summed E-state index contributed by atoms with van der Waals surface area (Å²) in [6.45, 7) is 0. The maximum absolute atomic E-state index is 11.9. The molecule has 1 aromatic carbocycles. The number of nitro groups is 1. The van der Waals surface area contributed by atoms with E-state index in [1.54, 1.807) is 12.1 Å². The van der Waals surface area contributed by atoms with E-state index in [0.29, 0.717) is 11.1 Å². The van der Waals surface area contributed by atoms with Crippen molar-refractivity contribution in [2.75, 3.05) is 5.88 Å². The first kappa shape index (κ1) is 12.1. The third-order valence-corrected chi connectivity index (χ3v) is 2.49. The van der Waals surface area contributed by atoms with Crippen molar-refractivity contribution in [3.8, 4) is 11.8 Å². The lowest BCUT2D eigenvalue weighted by molar-refractivity contribution is -0.386. The first-order chi connectivity index (χ1) is 8.63. The second-order valence-corrected chi connectivity index (χ2v) is 3.72. The molecule has 0 atom stereocenters. The summed E-state index contributed by atoms with van der Waals surface area (Å²) in [5.41, 5.74) is 0.0180. The van der Waals surface area contributed by atoms with Crippen molar-refractivity contribution in [2.24, 2.45) is 0 Å². The first-order valence-electron chi connectivity index (χ1n) is 4.98. The van der Waals surface area contributed by atoms with Crippen molar-refractivity contribution >= 4 is 28.2 Å². The van der Waals surface area contributed by atoms with Gasteiger partial charge in [-0.3, -0.25) is 14.9 Å². The van der Waals surface area contributed by atoms with Crippen LogP contribution in [0.25, 0.3) is 10.9 Å². The van der Waals surface area contributed by atoms with Gasteiger partial charge in [0.15, 0.2) is 0 Å². The van der Waals surface area contributed by atoms with Crippen LogP contribution in [-0.4, -0.2) is 15.8 Å². The predicted octanol–water partition coefficient (Wildman–Crippen LogP) is 2.03. The predicted molar refractivity (Wildman–Crippen MR) is 68.8 cm³/mol. The number of nitrogens with zero attached hydrogens (tertiary/aromatic N) is 1. The van der Waals surface area contributed by atoms with Gasteiger partial charge >= 0.3 is 5.69 Å². The van der Waals surface area contributed by atoms with Crippen LogP contribution in [0.4, 0.5) is 5.69 Å². The third kappa shape index (κ3) is 2.19. The van der Waals surface area contributed by atoms with Gasteiger partial charge < -0.3 is 4.98 Å². The van der Waals surface area contributed by atoms with E-state index in [4.69, 9.17) is 11.6 Å². The van der Waals surface area contributed by atoms with Gasteiger partial charge in [0.1, 0.15) is 0 Å². The van der Waals surface area contributed by atoms with E-state index in [0.717, 1.165) is 6.20 Å². The first-order valence-corrected chi connectivity index (χ1v) is 5.51. The lowest BCUT2D eigenvalue weighted by atomic mass is 10.1. The standard InChI is InChI=1S/C12H7ClN2O3/c13-5-1-2-8-3-4-10-9(6-8)12(16)11(7-14-10)15(17)18/h3-4,6-7H,5H2,(H,14,16). The van der Waals surface area contributed by atoms with Crippen LogP contribution in [-0.2, 0) is 0 Å². The number of rotatable bonds is 1. The largest absolute Gasteiger partial charge is 0.355 e. The van der Waals surface area contributed by atoms with Gasteiger partial charge in [0.2, 0.25) is 0 Å². The van der Waals surface area contributed by atoms with E-state index in [1.807, 2.05) is 0 Å². The van der Waals surface area contributed by atoms with Gasteiger partial charge in [-0.15, -0.1) is 11.6 Å². The molecule has 0 radical (unpaired) electrons. The fourth-order valence-electron chi connectivity index (χ4n) is 1.56. The number of benzene rings is 1. The Morgan fingerprint density at radius 3 is 2.89 bits per heavy atom. The highest BCUT2D eigenvalue weighted by molar-refractivity contribution is 6.19. The monoisotopic (exact) mass is 262 g/mol. The number of fused-ring (bicyclic) bond motifs is 1. The van der Waals surface area contributed by atoms with Crippen LogP contribution in [0, 0.1) is 22.0 Å². The molecule has 5 nitrogen and oxygen atoms in total. The van der Waals surface area contributed by atoms with E-state index in [2.05, 4.69) is 16.8 Å². The highest BCUT2D eigenvalue weighted by atomic mass is 35.5. The molecule has 2 aromatic rings. The molecule has 0 spiro atoms. The van der Waals surface area contributed by atoms with Gasteiger partial charge in [0.25, 0.3) is 5.43 Å². The summed E-state index contributed by atoms with van der Waals surface area (Å²) in [7, 11) is 0. The van der Waals surface area contributed by atoms with E-state index >= 15 is 0 Å². The van der Waals surface area contributed by atoms with Crippen LogP contribution in [0.5, 0.6) is 0 Å². The Bertz CT molecular complexity index is 740. The van der Waals surface area contributed by atoms with Crippen molar-refractivity contribution < 1.29 is 4.92 Å². The zero-order chi connectivity index (χ0) is 13.1. The Morgan fingerprint density at radius 1 is 1.44 bits per heavy atom. The minimum atomic E-state index is -0.713. The number of pyridine rings is 1. The van der Waals surface area contributed by atoms with Crippen LogP contribution in [0.2, 0.25) is 0 Å². The molecule has 0 aliphatic carbocycles. The third-order valence-electron chi connectivity index (χ3n) is 2.36. The lowest BCUT2D eigenvalue weighted by Crippen LogP contribution is -2.09. The molecule has 0 unspecified atom stereocenters. The smallest absolute Gasteiger partial charge is 0.332 e. The van der Waals surface area contributed by atoms with Crippen molar-refractivity contribution in [1.29, 1.82) is 0 Å². The number of hydrogen-bond acceptors (Lipinski definition) is 3. The fourth-order valence-corrected chi connectivity index (χ4v) is 1.62. The Kier molecular flexibility index (Phi) is 3.31. The maximum atomic E-state index is 11.9. The molecular formula is C12H7ClN2O3. The van der Waals surface area contributed by atoms with Crippen LogP contribution in [0.1, 0.15) is 5.56 Å². The van der Waals surface area contributed by atoms with E-state index in [-0.39, 0.29) is 11.3 Å². The molecule has 2 rings (SSSR count). The number of aromatic amines is 1. The summed E-state index contributed by atoms with van der Waals surface area (Å²) in [4.78, 5) is 24.5. The molecule has 0 amide bonds. The van der Waals surface area contributed by atoms with Gasteiger partial charge in [0, 0.05) is 11.1 Å². The van der Waals surface area contributed by atoms with E-state index < -0.39 is 16.0 Å².